The van der Waals surface area contributed by atoms with Gasteiger partial charge in [0.15, 0.2) is 0 Å². The van der Waals surface area contributed by atoms with E-state index in [1.807, 2.05) is 0 Å². The minimum absolute atomic E-state index is 0.720. The Kier molecular flexibility index (Phi) is 3.80. The van der Waals surface area contributed by atoms with Gasteiger partial charge in [0.05, 0.1) is 0 Å². The molecular formula is C10H20Si. The van der Waals surface area contributed by atoms with Crippen molar-refractivity contribution in [2.24, 2.45) is 0 Å². The molecular weight excluding hydrogens is 148 g/mol. The highest BCUT2D eigenvalue weighted by Crippen LogP contribution is 2.33. The molecule has 1 heteroatoms. The van der Waals surface area contributed by atoms with Crippen molar-refractivity contribution in [3.05, 3.63) is 24.6 Å². The van der Waals surface area contributed by atoms with Gasteiger partial charge in [-0.2, -0.15) is 0 Å². The van der Waals surface area contributed by atoms with Crippen molar-refractivity contribution < 1.29 is 0 Å². The lowest BCUT2D eigenvalue weighted by Gasteiger charge is -2.32. The summed E-state index contributed by atoms with van der Waals surface area (Å²) in [6.45, 7) is 17.0. The Morgan fingerprint density at radius 3 is 1.18 bits per heavy atom. The van der Waals surface area contributed by atoms with Crippen molar-refractivity contribution in [2.45, 2.75) is 38.8 Å². The first-order chi connectivity index (χ1) is 5.01. The summed E-state index contributed by atoms with van der Waals surface area (Å²) in [4.78, 5) is 0. The first-order valence-corrected chi connectivity index (χ1v) is 6.59. The van der Waals surface area contributed by atoms with Crippen LogP contribution in [0.2, 0.25) is 11.1 Å². The normalized spacial score (nSPS) is 12.2. The van der Waals surface area contributed by atoms with Gasteiger partial charge in [0, 0.05) is 0 Å². The van der Waals surface area contributed by atoms with E-state index in [1.165, 1.54) is 0 Å². The molecule has 0 bridgehead atoms. The lowest BCUT2D eigenvalue weighted by Crippen LogP contribution is -2.36. The van der Waals surface area contributed by atoms with Gasteiger partial charge in [-0.25, -0.2) is 0 Å². The van der Waals surface area contributed by atoms with E-state index in [-0.39, 0.29) is 0 Å². The molecule has 0 spiro atoms. The van der Waals surface area contributed by atoms with Crippen LogP contribution in [0.25, 0.3) is 0 Å². The van der Waals surface area contributed by atoms with E-state index >= 15 is 0 Å². The molecule has 0 heterocycles. The van der Waals surface area contributed by atoms with E-state index < -0.39 is 8.07 Å². The van der Waals surface area contributed by atoms with Crippen LogP contribution < -0.4 is 0 Å². The monoisotopic (exact) mass is 168 g/mol. The average molecular weight is 168 g/mol. The molecule has 64 valence electrons. The van der Waals surface area contributed by atoms with Crippen molar-refractivity contribution in [3.8, 4) is 0 Å². The maximum atomic E-state index is 3.94. The molecule has 11 heavy (non-hydrogen) atoms. The third-order valence-corrected chi connectivity index (χ3v) is 8.12. The van der Waals surface area contributed by atoms with Crippen LogP contribution in [0.3, 0.4) is 0 Å². The molecule has 0 aliphatic heterocycles. The molecule has 0 rings (SSSR count). The van der Waals surface area contributed by atoms with Gasteiger partial charge in [-0.15, -0.1) is 13.2 Å². The van der Waals surface area contributed by atoms with Crippen molar-refractivity contribution in [2.75, 3.05) is 0 Å². The molecule has 0 aromatic heterocycles. The van der Waals surface area contributed by atoms with Crippen LogP contribution in [0.15, 0.2) is 24.6 Å². The van der Waals surface area contributed by atoms with Crippen LogP contribution in [0, 0.1) is 0 Å². The average Bonchev–Trinajstić information content (AvgIpc) is 1.90. The molecule has 0 nitrogen and oxygen atoms in total. The smallest absolute Gasteiger partial charge is 0.106 e. The van der Waals surface area contributed by atoms with E-state index in [2.05, 4.69) is 52.3 Å². The van der Waals surface area contributed by atoms with Crippen LogP contribution >= 0.6 is 0 Å². The summed E-state index contributed by atoms with van der Waals surface area (Å²) in [5.74, 6) is 0. The predicted octanol–water partition coefficient (Wildman–Crippen LogP) is 3.71. The second kappa shape index (κ2) is 3.91. The second-order valence-electron chi connectivity index (χ2n) is 3.72. The summed E-state index contributed by atoms with van der Waals surface area (Å²) < 4.78 is 0. The van der Waals surface area contributed by atoms with E-state index in [1.54, 1.807) is 0 Å². The Morgan fingerprint density at radius 1 is 0.909 bits per heavy atom. The van der Waals surface area contributed by atoms with Crippen molar-refractivity contribution in [1.82, 2.24) is 0 Å². The largest absolute Gasteiger partial charge is 0.107 e. The van der Waals surface area contributed by atoms with Gasteiger partial charge in [0.25, 0.3) is 0 Å². The van der Waals surface area contributed by atoms with Gasteiger partial charge in [-0.3, -0.25) is 0 Å². The second-order valence-corrected chi connectivity index (χ2v) is 8.84. The first-order valence-electron chi connectivity index (χ1n) is 4.28. The van der Waals surface area contributed by atoms with E-state index in [9.17, 15) is 0 Å². The maximum Gasteiger partial charge on any atom is 0.106 e. The summed E-state index contributed by atoms with van der Waals surface area (Å²) in [6.07, 6.45) is 0. The molecule has 0 aliphatic rings. The van der Waals surface area contributed by atoms with Gasteiger partial charge >= 0.3 is 0 Å². The number of hydrogen-bond acceptors (Lipinski definition) is 0. The summed E-state index contributed by atoms with van der Waals surface area (Å²) in [7, 11) is -1.37. The standard InChI is InChI=1S/C10H20Si/c1-7-11(8-2,9(3)4)10(5)6/h7-10H,1-2H2,3-6H3. The molecule has 0 saturated heterocycles. The van der Waals surface area contributed by atoms with Crippen molar-refractivity contribution >= 4 is 8.07 Å². The SMILES string of the molecule is C=C[Si](C=C)(C(C)C)C(C)C. The highest BCUT2D eigenvalue weighted by Gasteiger charge is 2.33. The third-order valence-electron chi connectivity index (χ3n) is 2.71. The number of hydrogen-bond donors (Lipinski definition) is 0. The van der Waals surface area contributed by atoms with Crippen LogP contribution in [-0.2, 0) is 0 Å². The molecule has 0 N–H and O–H groups in total. The molecule has 0 unspecified atom stereocenters. The lowest BCUT2D eigenvalue weighted by molar-refractivity contribution is 0.926. The fourth-order valence-corrected chi connectivity index (χ4v) is 5.08. The van der Waals surface area contributed by atoms with Gasteiger partial charge in [0.1, 0.15) is 8.07 Å². The quantitative estimate of drug-likeness (QED) is 0.561. The molecule has 0 fully saturated rings. The summed E-state index contributed by atoms with van der Waals surface area (Å²) in [5, 5.41) is 0. The van der Waals surface area contributed by atoms with Gasteiger partial charge in [-0.1, -0.05) is 39.1 Å². The van der Waals surface area contributed by atoms with E-state index in [0.717, 1.165) is 11.1 Å². The lowest BCUT2D eigenvalue weighted by atomic mass is 10.5. The van der Waals surface area contributed by atoms with Crippen LogP contribution in [0.1, 0.15) is 27.7 Å². The number of rotatable bonds is 4. The minimum atomic E-state index is -1.37. The highest BCUT2D eigenvalue weighted by molar-refractivity contribution is 6.91. The Labute approximate surface area is 72.0 Å². The molecule has 0 aromatic carbocycles. The van der Waals surface area contributed by atoms with E-state index in [0.29, 0.717) is 0 Å². The Balaban J connectivity index is 4.74. The van der Waals surface area contributed by atoms with Crippen LogP contribution in [0.4, 0.5) is 0 Å². The molecule has 0 amide bonds. The van der Waals surface area contributed by atoms with Crippen molar-refractivity contribution in [1.29, 1.82) is 0 Å². The zero-order valence-corrected chi connectivity index (χ0v) is 9.22. The molecule has 0 atom stereocenters. The zero-order chi connectivity index (χ0) is 9.07. The predicted molar refractivity (Wildman–Crippen MR) is 56.3 cm³/mol. The minimum Gasteiger partial charge on any atom is -0.107 e. The first kappa shape index (κ1) is 10.7. The van der Waals surface area contributed by atoms with Crippen LogP contribution in [-0.4, -0.2) is 8.07 Å². The topological polar surface area (TPSA) is 0 Å². The molecule has 0 saturated carbocycles. The van der Waals surface area contributed by atoms with Gasteiger partial charge in [0.2, 0.25) is 0 Å². The van der Waals surface area contributed by atoms with Gasteiger partial charge < -0.3 is 0 Å². The maximum absolute atomic E-state index is 3.94. The Hall–Kier alpha value is -0.303. The van der Waals surface area contributed by atoms with Crippen LogP contribution in [0.5, 0.6) is 0 Å². The van der Waals surface area contributed by atoms with E-state index in [4.69, 9.17) is 0 Å². The van der Waals surface area contributed by atoms with Gasteiger partial charge in [-0.05, 0) is 11.1 Å². The molecule has 0 radical (unpaired) electrons. The Morgan fingerprint density at radius 2 is 1.18 bits per heavy atom. The molecule has 0 aromatic rings. The Bertz CT molecular complexity index is 127. The molecule has 0 aliphatic carbocycles. The summed E-state index contributed by atoms with van der Waals surface area (Å²) in [6, 6.07) is 0. The summed E-state index contributed by atoms with van der Waals surface area (Å²) in [5.41, 5.74) is 5.76. The fraction of sp³-hybridized carbons (Fsp3) is 0.600. The fourth-order valence-electron chi connectivity index (χ4n) is 1.69. The summed E-state index contributed by atoms with van der Waals surface area (Å²) >= 11 is 0. The zero-order valence-electron chi connectivity index (χ0n) is 8.22. The highest BCUT2D eigenvalue weighted by atomic mass is 28.3. The van der Waals surface area contributed by atoms with Crippen molar-refractivity contribution in [3.63, 3.8) is 0 Å². The third kappa shape index (κ3) is 1.83.